The van der Waals surface area contributed by atoms with Gasteiger partial charge in [-0.1, -0.05) is 110 Å². The first-order valence-electron chi connectivity index (χ1n) is 25.8. The highest BCUT2D eigenvalue weighted by Gasteiger charge is 2.35. The number of aryl methyl sites for hydroxylation is 1. The van der Waals surface area contributed by atoms with Gasteiger partial charge in [0, 0.05) is 85.3 Å². The molecule has 78 heavy (non-hydrogen) atoms. The van der Waals surface area contributed by atoms with Crippen LogP contribution in [0, 0.1) is 0 Å². The second-order valence-corrected chi connectivity index (χ2v) is 21.2. The summed E-state index contributed by atoms with van der Waals surface area (Å²) >= 11 is 2.61. The maximum atomic E-state index is 13.7. The zero-order chi connectivity index (χ0) is 54.2. The van der Waals surface area contributed by atoms with Crippen molar-refractivity contribution in [3.05, 3.63) is 170 Å². The topological polar surface area (TPSA) is 240 Å². The van der Waals surface area contributed by atoms with Gasteiger partial charge >= 0.3 is 5.56 Å². The number of aromatic amines is 1. The smallest absolute Gasteiger partial charge is 0.301 e. The number of rotatable bonds is 20. The van der Waals surface area contributed by atoms with Gasteiger partial charge in [0.2, 0.25) is 22.1 Å². The van der Waals surface area contributed by atoms with Crippen LogP contribution in [-0.4, -0.2) is 92.0 Å². The van der Waals surface area contributed by atoms with E-state index in [1.54, 1.807) is 40.3 Å². The SMILES string of the molecule is C[C@H](CC(=O)N1CCC(O)(Cn2cnc3c(-c4ccc(CNC(=O)CCCCCNC(=O)c5ccc(-c6csc(-n7[nH]c(-c8ccccc8)c(N=Nc8nccs8)c7=O)n6)cc5)cc4)n(C)nc3c2=O)CC1)c1ccccc1. The summed E-state index contributed by atoms with van der Waals surface area (Å²) in [5, 5.41) is 38.1. The molecule has 1 aliphatic rings. The Morgan fingerprint density at radius 1 is 0.808 bits per heavy atom. The maximum absolute atomic E-state index is 13.7. The quantitative estimate of drug-likeness (QED) is 0.0417. The number of unbranched alkanes of at least 4 members (excludes halogenated alkanes) is 2. The summed E-state index contributed by atoms with van der Waals surface area (Å²) in [6.07, 6.45) is 6.66. The van der Waals surface area contributed by atoms with Gasteiger partial charge in [-0.05, 0) is 54.9 Å². The molecule has 0 bridgehead atoms. The van der Waals surface area contributed by atoms with Crippen LogP contribution in [0.2, 0.25) is 0 Å². The molecule has 3 amide bonds. The first kappa shape index (κ1) is 52.9. The van der Waals surface area contributed by atoms with Crippen molar-refractivity contribution in [2.45, 2.75) is 76.5 Å². The van der Waals surface area contributed by atoms with Crippen LogP contribution < -0.4 is 21.8 Å². The fourth-order valence-corrected chi connectivity index (χ4v) is 10.8. The number of carbonyl (C=O) groups excluding carboxylic acids is 3. The van der Waals surface area contributed by atoms with E-state index >= 15 is 0 Å². The molecule has 0 unspecified atom stereocenters. The molecule has 21 heteroatoms. The molecule has 0 aliphatic carbocycles. The molecule has 19 nitrogen and oxygen atoms in total. The Morgan fingerprint density at radius 2 is 1.54 bits per heavy atom. The molecule has 4 N–H and O–H groups in total. The number of H-pyrrole nitrogens is 1. The number of aromatic nitrogens is 8. The van der Waals surface area contributed by atoms with Gasteiger partial charge in [0.15, 0.2) is 11.2 Å². The van der Waals surface area contributed by atoms with Crippen LogP contribution in [0.1, 0.15) is 79.3 Å². The van der Waals surface area contributed by atoms with Crippen molar-refractivity contribution < 1.29 is 19.5 Å². The third-order valence-electron chi connectivity index (χ3n) is 14.0. The Kier molecular flexibility index (Phi) is 16.1. The first-order chi connectivity index (χ1) is 37.9. The van der Waals surface area contributed by atoms with E-state index in [1.165, 1.54) is 38.2 Å². The molecule has 6 heterocycles. The summed E-state index contributed by atoms with van der Waals surface area (Å²) in [6.45, 7) is 3.72. The summed E-state index contributed by atoms with van der Waals surface area (Å²) < 4.78 is 4.40. The number of aliphatic hydroxyl groups is 1. The summed E-state index contributed by atoms with van der Waals surface area (Å²) in [7, 11) is 1.76. The second-order valence-electron chi connectivity index (χ2n) is 19.5. The minimum Gasteiger partial charge on any atom is -0.388 e. The van der Waals surface area contributed by atoms with Gasteiger partial charge in [0.25, 0.3) is 11.5 Å². The molecule has 5 aromatic heterocycles. The van der Waals surface area contributed by atoms with Crippen LogP contribution in [0.15, 0.2) is 152 Å². The molecule has 0 saturated carbocycles. The number of hydrogen-bond donors (Lipinski definition) is 4. The summed E-state index contributed by atoms with van der Waals surface area (Å²) in [6, 6.07) is 34.1. The Hall–Kier alpha value is -8.53. The van der Waals surface area contributed by atoms with E-state index in [-0.39, 0.29) is 46.9 Å². The van der Waals surface area contributed by atoms with E-state index in [1.807, 2.05) is 109 Å². The van der Waals surface area contributed by atoms with Crippen molar-refractivity contribution in [1.82, 2.24) is 54.6 Å². The lowest BCUT2D eigenvalue weighted by molar-refractivity contribution is -0.136. The summed E-state index contributed by atoms with van der Waals surface area (Å²) in [5.74, 6) is -0.128. The predicted molar refractivity (Wildman–Crippen MR) is 300 cm³/mol. The molecule has 1 aliphatic heterocycles. The van der Waals surface area contributed by atoms with Gasteiger partial charge in [-0.3, -0.25) is 38.3 Å². The van der Waals surface area contributed by atoms with Crippen LogP contribution in [0.5, 0.6) is 0 Å². The zero-order valence-electron chi connectivity index (χ0n) is 43.0. The van der Waals surface area contributed by atoms with Crippen LogP contribution in [-0.2, 0) is 29.7 Å². The number of nitrogens with zero attached hydrogens (tertiary/aromatic N) is 10. The van der Waals surface area contributed by atoms with Gasteiger partial charge < -0.3 is 20.6 Å². The lowest BCUT2D eigenvalue weighted by Gasteiger charge is -2.38. The monoisotopic (exact) mass is 1080 g/mol. The number of piperidine rings is 1. The highest BCUT2D eigenvalue weighted by Crippen LogP contribution is 2.32. The molecule has 1 saturated heterocycles. The number of likely N-dealkylation sites (tertiary alicyclic amines) is 1. The normalized spacial score (nSPS) is 13.8. The van der Waals surface area contributed by atoms with Crippen molar-refractivity contribution in [1.29, 1.82) is 0 Å². The summed E-state index contributed by atoms with van der Waals surface area (Å²) in [4.78, 5) is 81.6. The highest BCUT2D eigenvalue weighted by atomic mass is 32.1. The fraction of sp³-hybridized carbons (Fsp3) is 0.281. The standard InChI is InChI=1S/C57H57N13O6S2/c1-37(39-12-6-3-7-13-39)32-46(72)68-29-25-57(76,26-30-68)35-69-36-61-48-50(53(69)74)65-67(2)51(48)42-19-17-38(18-20-42)33-60-45(71)16-10-5-11-27-58-52(73)43-23-21-40(22-24-43)44-34-78-56(62-44)70-54(75)49(63-64-55-59-28-31-77-55)47(66-70)41-14-8-4-9-15-41/h3-4,6-9,12-15,17-24,28,31,34,36-37,66,76H,5,10-11,16,25-27,29-30,32-33,35H2,1-2H3,(H,58,73)(H,60,71)/t37-/m1/s1. The van der Waals surface area contributed by atoms with Crippen molar-refractivity contribution in [2.24, 2.45) is 17.3 Å². The third-order valence-corrected chi connectivity index (χ3v) is 15.4. The number of amides is 3. The molecule has 1 atom stereocenters. The lowest BCUT2D eigenvalue weighted by Crippen LogP contribution is -2.49. The predicted octanol–water partition coefficient (Wildman–Crippen LogP) is 9.09. The molecular formula is C57H57N13O6S2. The van der Waals surface area contributed by atoms with E-state index in [0.29, 0.717) is 103 Å². The number of azo groups is 1. The van der Waals surface area contributed by atoms with Gasteiger partial charge in [0.05, 0.1) is 35.6 Å². The number of fused-ring (bicyclic) bond motifs is 1. The number of carbonyl (C=O) groups is 3. The molecule has 0 radical (unpaired) electrons. The van der Waals surface area contributed by atoms with Crippen molar-refractivity contribution in [3.63, 3.8) is 0 Å². The van der Waals surface area contributed by atoms with Gasteiger partial charge in [0.1, 0.15) is 5.52 Å². The first-order valence-corrected chi connectivity index (χ1v) is 27.5. The molecule has 0 spiro atoms. The van der Waals surface area contributed by atoms with Gasteiger partial charge in [-0.2, -0.15) is 9.78 Å². The van der Waals surface area contributed by atoms with Crippen LogP contribution in [0.4, 0.5) is 10.8 Å². The lowest BCUT2D eigenvalue weighted by atomic mass is 9.90. The number of hydrogen-bond acceptors (Lipinski definition) is 14. The van der Waals surface area contributed by atoms with Crippen LogP contribution >= 0.6 is 22.7 Å². The van der Waals surface area contributed by atoms with E-state index in [4.69, 9.17) is 4.98 Å². The zero-order valence-corrected chi connectivity index (χ0v) is 44.7. The average Bonchev–Trinajstić information content (AvgIpc) is 4.37. The highest BCUT2D eigenvalue weighted by molar-refractivity contribution is 7.13. The maximum Gasteiger partial charge on any atom is 0.301 e. The van der Waals surface area contributed by atoms with Crippen LogP contribution in [0.3, 0.4) is 0 Å². The van der Waals surface area contributed by atoms with E-state index in [9.17, 15) is 29.1 Å². The molecule has 9 aromatic rings. The minimum atomic E-state index is -1.17. The molecule has 4 aromatic carbocycles. The molecule has 10 rings (SSSR count). The Balaban J connectivity index is 0.648. The molecular weight excluding hydrogens is 1030 g/mol. The number of thiazole rings is 2. The second kappa shape index (κ2) is 23.8. The van der Waals surface area contributed by atoms with Crippen LogP contribution in [0.25, 0.3) is 49.9 Å². The van der Waals surface area contributed by atoms with Crippen molar-refractivity contribution >= 4 is 62.2 Å². The van der Waals surface area contributed by atoms with Gasteiger partial charge in [-0.15, -0.1) is 32.9 Å². The largest absolute Gasteiger partial charge is 0.388 e. The fourth-order valence-electron chi connectivity index (χ4n) is 9.54. The Labute approximate surface area is 456 Å². The molecule has 1 fully saturated rings. The number of nitrogens with one attached hydrogen (secondary N) is 3. The number of benzene rings is 4. The average molecular weight is 1080 g/mol. The van der Waals surface area contributed by atoms with Gasteiger partial charge in [-0.25, -0.2) is 15.0 Å². The van der Waals surface area contributed by atoms with E-state index < -0.39 is 11.2 Å². The summed E-state index contributed by atoms with van der Waals surface area (Å²) in [5.41, 5.74) is 5.56. The Bertz CT molecular complexity index is 3690. The van der Waals surface area contributed by atoms with Crippen molar-refractivity contribution in [2.75, 3.05) is 19.6 Å². The van der Waals surface area contributed by atoms with E-state index in [2.05, 4.69) is 41.0 Å². The molecule has 398 valence electrons. The third kappa shape index (κ3) is 12.2. The van der Waals surface area contributed by atoms with E-state index in [0.717, 1.165) is 34.2 Å². The Morgan fingerprint density at radius 3 is 2.27 bits per heavy atom. The minimum absolute atomic E-state index is 0.0461. The van der Waals surface area contributed by atoms with Crippen molar-refractivity contribution in [3.8, 4) is 38.9 Å².